The van der Waals surface area contributed by atoms with Crippen LogP contribution in [0.5, 0.6) is 5.75 Å². The van der Waals surface area contributed by atoms with Gasteiger partial charge in [-0.3, -0.25) is 0 Å². The highest BCUT2D eigenvalue weighted by Gasteiger charge is 2.32. The second-order valence-electron chi connectivity index (χ2n) is 7.76. The molecule has 8 heteroatoms. The minimum absolute atomic E-state index is 0.169. The Morgan fingerprint density at radius 1 is 1.14 bits per heavy atom. The number of hydrogen-bond acceptors (Lipinski definition) is 4. The molecule has 2 aromatic carbocycles. The van der Waals surface area contributed by atoms with Gasteiger partial charge in [0.25, 0.3) is 0 Å². The molecule has 6 nitrogen and oxygen atoms in total. The van der Waals surface area contributed by atoms with Crippen LogP contribution in [-0.4, -0.2) is 45.7 Å². The SMILES string of the molecule is Cc1ccc(C)c(S(=O)(=O)N2CC[NH+](Cc3cc(F)cc4c3OCOC4)CC2)c1. The highest BCUT2D eigenvalue weighted by atomic mass is 32.2. The summed E-state index contributed by atoms with van der Waals surface area (Å²) in [7, 11) is -3.51. The fraction of sp³-hybridized carbons (Fsp3) is 0.429. The molecule has 4 rings (SSSR count). The maximum atomic E-state index is 14.0. The van der Waals surface area contributed by atoms with Gasteiger partial charge >= 0.3 is 0 Å². The molecule has 0 amide bonds. The van der Waals surface area contributed by atoms with Crippen molar-refractivity contribution in [2.45, 2.75) is 31.9 Å². The van der Waals surface area contributed by atoms with Gasteiger partial charge < -0.3 is 14.4 Å². The molecular formula is C21H26FN2O4S+. The molecule has 2 heterocycles. The Morgan fingerprint density at radius 2 is 1.90 bits per heavy atom. The van der Waals surface area contributed by atoms with Gasteiger partial charge in [0, 0.05) is 5.56 Å². The molecule has 1 saturated heterocycles. The fourth-order valence-electron chi connectivity index (χ4n) is 4.00. The number of nitrogens with zero attached hydrogens (tertiary/aromatic N) is 1. The smallest absolute Gasteiger partial charge is 0.243 e. The predicted molar refractivity (Wildman–Crippen MR) is 106 cm³/mol. The van der Waals surface area contributed by atoms with Gasteiger partial charge in [0.1, 0.15) is 18.1 Å². The van der Waals surface area contributed by atoms with Crippen LogP contribution in [0, 0.1) is 19.7 Å². The Balaban J connectivity index is 1.46. The summed E-state index contributed by atoms with van der Waals surface area (Å²) in [6.07, 6.45) is 0. The molecule has 2 aliphatic rings. The van der Waals surface area contributed by atoms with E-state index in [1.165, 1.54) is 17.0 Å². The van der Waals surface area contributed by atoms with E-state index in [1.54, 1.807) is 10.4 Å². The minimum atomic E-state index is -3.51. The lowest BCUT2D eigenvalue weighted by Gasteiger charge is -2.32. The predicted octanol–water partition coefficient (Wildman–Crippen LogP) is 1.40. The summed E-state index contributed by atoms with van der Waals surface area (Å²) in [5.74, 6) is 0.402. The number of nitrogens with one attached hydrogen (secondary N) is 1. The molecule has 0 spiro atoms. The van der Waals surface area contributed by atoms with Crippen LogP contribution in [0.3, 0.4) is 0 Å². The Bertz CT molecular complexity index is 1020. The molecule has 0 aromatic heterocycles. The number of fused-ring (bicyclic) bond motifs is 1. The van der Waals surface area contributed by atoms with E-state index in [1.807, 2.05) is 26.0 Å². The molecule has 0 saturated carbocycles. The normalized spacial score (nSPS) is 18.3. The molecule has 2 aliphatic heterocycles. The molecule has 0 atom stereocenters. The molecule has 156 valence electrons. The average Bonchev–Trinajstić information content (AvgIpc) is 2.70. The van der Waals surface area contributed by atoms with Crippen LogP contribution in [0.15, 0.2) is 35.2 Å². The van der Waals surface area contributed by atoms with Crippen LogP contribution in [-0.2, 0) is 27.9 Å². The summed E-state index contributed by atoms with van der Waals surface area (Å²) >= 11 is 0. The Morgan fingerprint density at radius 3 is 2.66 bits per heavy atom. The van der Waals surface area contributed by atoms with Gasteiger partial charge in [0.2, 0.25) is 10.0 Å². The second-order valence-corrected chi connectivity index (χ2v) is 9.67. The fourth-order valence-corrected chi connectivity index (χ4v) is 5.75. The largest absolute Gasteiger partial charge is 0.467 e. The third-order valence-corrected chi connectivity index (χ3v) is 7.62. The van der Waals surface area contributed by atoms with Crippen molar-refractivity contribution in [3.63, 3.8) is 0 Å². The van der Waals surface area contributed by atoms with Crippen LogP contribution < -0.4 is 9.64 Å². The number of quaternary nitrogens is 1. The maximum Gasteiger partial charge on any atom is 0.243 e. The first kappa shape index (κ1) is 20.3. The van der Waals surface area contributed by atoms with Gasteiger partial charge in [-0.25, -0.2) is 12.8 Å². The van der Waals surface area contributed by atoms with Crippen LogP contribution in [0.25, 0.3) is 0 Å². The summed E-state index contributed by atoms with van der Waals surface area (Å²) in [4.78, 5) is 1.59. The lowest BCUT2D eigenvalue weighted by atomic mass is 10.1. The van der Waals surface area contributed by atoms with E-state index in [9.17, 15) is 12.8 Å². The topological polar surface area (TPSA) is 60.3 Å². The first-order valence-corrected chi connectivity index (χ1v) is 11.2. The molecule has 0 aliphatic carbocycles. The van der Waals surface area contributed by atoms with E-state index in [2.05, 4.69) is 0 Å². The molecule has 0 bridgehead atoms. The molecular weight excluding hydrogens is 395 g/mol. The van der Waals surface area contributed by atoms with E-state index in [4.69, 9.17) is 9.47 Å². The number of sulfonamides is 1. The van der Waals surface area contributed by atoms with E-state index in [-0.39, 0.29) is 12.6 Å². The van der Waals surface area contributed by atoms with Crippen molar-refractivity contribution in [2.24, 2.45) is 0 Å². The average molecular weight is 422 g/mol. The van der Waals surface area contributed by atoms with Gasteiger partial charge in [-0.05, 0) is 43.2 Å². The number of rotatable bonds is 4. The van der Waals surface area contributed by atoms with Crippen molar-refractivity contribution in [1.82, 2.24) is 4.31 Å². The zero-order valence-corrected chi connectivity index (χ0v) is 17.5. The third kappa shape index (κ3) is 4.16. The quantitative estimate of drug-likeness (QED) is 0.811. The highest BCUT2D eigenvalue weighted by Crippen LogP contribution is 2.29. The van der Waals surface area contributed by atoms with Crippen molar-refractivity contribution in [2.75, 3.05) is 33.0 Å². The van der Waals surface area contributed by atoms with Crippen LogP contribution in [0.4, 0.5) is 4.39 Å². The van der Waals surface area contributed by atoms with Gasteiger partial charge in [0.05, 0.1) is 43.2 Å². The molecule has 0 unspecified atom stereocenters. The molecule has 1 fully saturated rings. The number of aryl methyl sites for hydroxylation is 2. The number of ether oxygens (including phenoxy) is 2. The monoisotopic (exact) mass is 421 g/mol. The molecule has 0 radical (unpaired) electrons. The lowest BCUT2D eigenvalue weighted by molar-refractivity contribution is -0.917. The van der Waals surface area contributed by atoms with Crippen molar-refractivity contribution in [1.29, 1.82) is 0 Å². The first-order valence-electron chi connectivity index (χ1n) is 9.77. The third-order valence-electron chi connectivity index (χ3n) is 5.58. The van der Waals surface area contributed by atoms with Crippen molar-refractivity contribution < 1.29 is 27.2 Å². The first-order chi connectivity index (χ1) is 13.8. The van der Waals surface area contributed by atoms with Gasteiger partial charge in [0.15, 0.2) is 6.79 Å². The summed E-state index contributed by atoms with van der Waals surface area (Å²) in [6, 6.07) is 8.46. The maximum absolute atomic E-state index is 14.0. The number of halogens is 1. The summed E-state index contributed by atoms with van der Waals surface area (Å²) in [5, 5.41) is 0. The van der Waals surface area contributed by atoms with E-state index in [0.717, 1.165) is 22.3 Å². The van der Waals surface area contributed by atoms with Crippen molar-refractivity contribution in [3.05, 3.63) is 58.4 Å². The van der Waals surface area contributed by atoms with Crippen LogP contribution >= 0.6 is 0 Å². The van der Waals surface area contributed by atoms with E-state index < -0.39 is 10.0 Å². The molecule has 1 N–H and O–H groups in total. The summed E-state index contributed by atoms with van der Waals surface area (Å²) < 4.78 is 52.6. The van der Waals surface area contributed by atoms with Gasteiger partial charge in [-0.2, -0.15) is 4.31 Å². The van der Waals surface area contributed by atoms with Crippen molar-refractivity contribution in [3.8, 4) is 5.75 Å². The molecule has 29 heavy (non-hydrogen) atoms. The highest BCUT2D eigenvalue weighted by molar-refractivity contribution is 7.89. The standard InChI is InChI=1S/C21H25FN2O4S/c1-15-3-4-16(2)20(9-15)29(25,26)24-7-5-23(6-8-24)12-17-10-19(22)11-18-13-27-14-28-21(17)18/h3-4,9-11H,5-8,12-14H2,1-2H3/p+1. The molecule has 2 aromatic rings. The second kappa shape index (κ2) is 8.02. The Labute approximate surface area is 170 Å². The number of hydrogen-bond donors (Lipinski definition) is 1. The van der Waals surface area contributed by atoms with Crippen LogP contribution in [0.2, 0.25) is 0 Å². The summed E-state index contributed by atoms with van der Waals surface area (Å²) in [6.45, 7) is 7.02. The van der Waals surface area contributed by atoms with Gasteiger partial charge in [-0.1, -0.05) is 12.1 Å². The van der Waals surface area contributed by atoms with Crippen molar-refractivity contribution >= 4 is 10.0 Å². The van der Waals surface area contributed by atoms with E-state index in [0.29, 0.717) is 50.0 Å². The zero-order chi connectivity index (χ0) is 20.6. The van der Waals surface area contributed by atoms with Gasteiger partial charge in [-0.15, -0.1) is 0 Å². The number of piperazine rings is 1. The summed E-state index contributed by atoms with van der Waals surface area (Å²) in [5.41, 5.74) is 3.22. The zero-order valence-electron chi connectivity index (χ0n) is 16.7. The Kier molecular flexibility index (Phi) is 5.61. The lowest BCUT2D eigenvalue weighted by Crippen LogP contribution is -3.13. The van der Waals surface area contributed by atoms with Crippen LogP contribution in [0.1, 0.15) is 22.3 Å². The number of benzene rings is 2. The van der Waals surface area contributed by atoms with E-state index >= 15 is 0 Å². The Hall–Kier alpha value is -2.00. The minimum Gasteiger partial charge on any atom is -0.467 e.